The molecular formula is C17H25IN6OS. The summed E-state index contributed by atoms with van der Waals surface area (Å²) in [6, 6.07) is 3.48. The number of aromatic nitrogens is 2. The lowest BCUT2D eigenvalue weighted by molar-refractivity contribution is 0.0954. The predicted molar refractivity (Wildman–Crippen MR) is 117 cm³/mol. The number of carbonyl (C=O) groups is 1. The monoisotopic (exact) mass is 488 g/mol. The molecule has 2 aromatic rings. The lowest BCUT2D eigenvalue weighted by Crippen LogP contribution is -2.41. The zero-order valence-corrected chi connectivity index (χ0v) is 18.1. The zero-order valence-electron chi connectivity index (χ0n) is 15.0. The van der Waals surface area contributed by atoms with E-state index in [0.717, 1.165) is 29.6 Å². The second kappa shape index (κ2) is 12.6. The number of nitrogens with zero attached hydrogens (tertiary/aromatic N) is 3. The van der Waals surface area contributed by atoms with Crippen molar-refractivity contribution in [2.45, 2.75) is 20.3 Å². The van der Waals surface area contributed by atoms with Gasteiger partial charge in [-0.15, -0.1) is 35.3 Å². The molecule has 2 rings (SSSR count). The highest BCUT2D eigenvalue weighted by atomic mass is 127. The van der Waals surface area contributed by atoms with Crippen LogP contribution in [0.25, 0.3) is 0 Å². The maximum absolute atomic E-state index is 11.9. The van der Waals surface area contributed by atoms with Gasteiger partial charge in [-0.25, -0.2) is 4.98 Å². The third kappa shape index (κ3) is 8.09. The van der Waals surface area contributed by atoms with Crippen LogP contribution in [0.3, 0.4) is 0 Å². The number of thiazole rings is 1. The minimum atomic E-state index is -0.129. The van der Waals surface area contributed by atoms with Crippen molar-refractivity contribution in [1.29, 1.82) is 0 Å². The smallest absolute Gasteiger partial charge is 0.252 e. The molecule has 0 aromatic carbocycles. The van der Waals surface area contributed by atoms with Gasteiger partial charge in [0.15, 0.2) is 5.96 Å². The van der Waals surface area contributed by atoms with Gasteiger partial charge >= 0.3 is 0 Å². The van der Waals surface area contributed by atoms with E-state index >= 15 is 0 Å². The fourth-order valence-corrected chi connectivity index (χ4v) is 2.75. The molecule has 0 spiro atoms. The van der Waals surface area contributed by atoms with Crippen molar-refractivity contribution in [2.24, 2.45) is 4.99 Å². The molecule has 0 radical (unpaired) electrons. The molecule has 2 heterocycles. The number of nitrogens with one attached hydrogen (secondary N) is 3. The Hall–Kier alpha value is -1.75. The molecule has 2 aromatic heterocycles. The Bertz CT molecular complexity index is 692. The van der Waals surface area contributed by atoms with Crippen LogP contribution in [0, 0.1) is 6.92 Å². The third-order valence-electron chi connectivity index (χ3n) is 3.28. The number of guanidine groups is 1. The van der Waals surface area contributed by atoms with E-state index in [9.17, 15) is 4.79 Å². The minimum absolute atomic E-state index is 0. The summed E-state index contributed by atoms with van der Waals surface area (Å²) in [6.07, 6.45) is 4.01. The molecule has 0 atom stereocenters. The summed E-state index contributed by atoms with van der Waals surface area (Å²) in [6.45, 7) is 6.56. The van der Waals surface area contributed by atoms with Crippen molar-refractivity contribution in [3.8, 4) is 0 Å². The number of hydrogen-bond donors (Lipinski definition) is 3. The first-order valence-electron chi connectivity index (χ1n) is 8.30. The highest BCUT2D eigenvalue weighted by Crippen LogP contribution is 2.08. The van der Waals surface area contributed by atoms with E-state index in [1.54, 1.807) is 35.9 Å². The van der Waals surface area contributed by atoms with Crippen LogP contribution in [0.1, 0.15) is 28.0 Å². The molecule has 0 fully saturated rings. The van der Waals surface area contributed by atoms with Crippen molar-refractivity contribution in [1.82, 2.24) is 25.9 Å². The summed E-state index contributed by atoms with van der Waals surface area (Å²) in [4.78, 5) is 24.8. The van der Waals surface area contributed by atoms with Crippen LogP contribution in [-0.2, 0) is 6.42 Å². The van der Waals surface area contributed by atoms with Gasteiger partial charge in [-0.05, 0) is 26.0 Å². The molecule has 142 valence electrons. The first-order chi connectivity index (χ1) is 12.2. The van der Waals surface area contributed by atoms with Gasteiger partial charge in [0, 0.05) is 50.4 Å². The quantitative estimate of drug-likeness (QED) is 0.229. The van der Waals surface area contributed by atoms with Gasteiger partial charge in [-0.3, -0.25) is 14.8 Å². The first kappa shape index (κ1) is 22.3. The van der Waals surface area contributed by atoms with Crippen LogP contribution in [0.2, 0.25) is 0 Å². The Balaban J connectivity index is 0.00000338. The summed E-state index contributed by atoms with van der Waals surface area (Å²) in [5, 5.41) is 12.4. The molecule has 0 unspecified atom stereocenters. The Morgan fingerprint density at radius 1 is 1.27 bits per heavy atom. The van der Waals surface area contributed by atoms with E-state index in [1.165, 1.54) is 0 Å². The van der Waals surface area contributed by atoms with Gasteiger partial charge < -0.3 is 16.0 Å². The van der Waals surface area contributed by atoms with Crippen LogP contribution in [0.15, 0.2) is 34.9 Å². The minimum Gasteiger partial charge on any atom is -0.357 e. The van der Waals surface area contributed by atoms with Gasteiger partial charge in [0.2, 0.25) is 0 Å². The lowest BCUT2D eigenvalue weighted by atomic mass is 10.3. The molecule has 3 N–H and O–H groups in total. The van der Waals surface area contributed by atoms with Gasteiger partial charge in [-0.1, -0.05) is 0 Å². The summed E-state index contributed by atoms with van der Waals surface area (Å²) in [5.41, 5.74) is 1.63. The number of aliphatic imine (C=N–C) groups is 1. The van der Waals surface area contributed by atoms with Crippen molar-refractivity contribution < 1.29 is 4.79 Å². The third-order valence-corrected chi connectivity index (χ3v) is 4.10. The van der Waals surface area contributed by atoms with E-state index < -0.39 is 0 Å². The molecule has 9 heteroatoms. The highest BCUT2D eigenvalue weighted by molar-refractivity contribution is 14.0. The molecule has 7 nitrogen and oxygen atoms in total. The summed E-state index contributed by atoms with van der Waals surface area (Å²) in [5.74, 6) is 0.612. The number of halogens is 1. The van der Waals surface area contributed by atoms with Crippen LogP contribution in [0.4, 0.5) is 0 Å². The highest BCUT2D eigenvalue weighted by Gasteiger charge is 2.04. The van der Waals surface area contributed by atoms with E-state index in [0.29, 0.717) is 25.2 Å². The van der Waals surface area contributed by atoms with Crippen LogP contribution < -0.4 is 16.0 Å². The van der Waals surface area contributed by atoms with Crippen molar-refractivity contribution >= 4 is 47.2 Å². The van der Waals surface area contributed by atoms with Crippen molar-refractivity contribution in [3.63, 3.8) is 0 Å². The average Bonchev–Trinajstić information content (AvgIpc) is 3.04. The van der Waals surface area contributed by atoms with Crippen molar-refractivity contribution in [3.05, 3.63) is 46.2 Å². The van der Waals surface area contributed by atoms with Crippen molar-refractivity contribution in [2.75, 3.05) is 26.2 Å². The fraction of sp³-hybridized carbons (Fsp3) is 0.412. The lowest BCUT2D eigenvalue weighted by Gasteiger charge is -2.11. The summed E-state index contributed by atoms with van der Waals surface area (Å²) in [7, 11) is 0. The maximum Gasteiger partial charge on any atom is 0.252 e. The molecule has 0 saturated heterocycles. The topological polar surface area (TPSA) is 91.3 Å². The van der Waals surface area contributed by atoms with Gasteiger partial charge in [-0.2, -0.15) is 0 Å². The Kier molecular flexibility index (Phi) is 10.8. The SMILES string of the molecule is CCNC(=NCCc1csc(C)n1)NCCNC(=O)c1cccnc1.I. The number of carbonyl (C=O) groups excluding carboxylic acids is 1. The normalized spacial score (nSPS) is 10.8. The molecule has 0 aliphatic heterocycles. The Morgan fingerprint density at radius 2 is 2.08 bits per heavy atom. The van der Waals surface area contributed by atoms with E-state index in [-0.39, 0.29) is 29.9 Å². The average molecular weight is 488 g/mol. The van der Waals surface area contributed by atoms with Gasteiger partial charge in [0.1, 0.15) is 0 Å². The molecule has 0 aliphatic rings. The molecule has 26 heavy (non-hydrogen) atoms. The number of hydrogen-bond acceptors (Lipinski definition) is 5. The second-order valence-electron chi connectivity index (χ2n) is 5.29. The first-order valence-corrected chi connectivity index (χ1v) is 9.18. The predicted octanol–water partition coefficient (Wildman–Crippen LogP) is 1.99. The molecule has 0 bridgehead atoms. The summed E-state index contributed by atoms with van der Waals surface area (Å²) < 4.78 is 0. The Labute approximate surface area is 175 Å². The molecular weight excluding hydrogens is 463 g/mol. The summed E-state index contributed by atoms with van der Waals surface area (Å²) >= 11 is 1.66. The largest absolute Gasteiger partial charge is 0.357 e. The van der Waals surface area contributed by atoms with E-state index in [4.69, 9.17) is 0 Å². The van der Waals surface area contributed by atoms with Gasteiger partial charge in [0.05, 0.1) is 16.3 Å². The standard InChI is InChI=1S/C17H24N6OS.HI/c1-3-19-17(21-8-6-15-12-25-13(2)23-15)22-10-9-20-16(24)14-5-4-7-18-11-14;/h4-5,7,11-12H,3,6,8-10H2,1-2H3,(H,20,24)(H2,19,21,22);1H. The fourth-order valence-electron chi connectivity index (χ4n) is 2.10. The maximum atomic E-state index is 11.9. The zero-order chi connectivity index (χ0) is 17.9. The van der Waals surface area contributed by atoms with Crippen LogP contribution in [-0.4, -0.2) is 48.0 Å². The molecule has 0 aliphatic carbocycles. The Morgan fingerprint density at radius 3 is 2.73 bits per heavy atom. The number of aryl methyl sites for hydroxylation is 1. The van der Waals surface area contributed by atoms with E-state index in [1.807, 2.05) is 13.8 Å². The van der Waals surface area contributed by atoms with Crippen LogP contribution >= 0.6 is 35.3 Å². The number of rotatable bonds is 8. The second-order valence-corrected chi connectivity index (χ2v) is 6.36. The van der Waals surface area contributed by atoms with E-state index in [2.05, 4.69) is 36.3 Å². The molecule has 1 amide bonds. The molecule has 0 saturated carbocycles. The van der Waals surface area contributed by atoms with Crippen LogP contribution in [0.5, 0.6) is 0 Å². The number of amides is 1. The number of pyridine rings is 1. The van der Waals surface area contributed by atoms with Gasteiger partial charge in [0.25, 0.3) is 5.91 Å².